The van der Waals surface area contributed by atoms with Gasteiger partial charge in [-0.15, -0.1) is 10.2 Å². The summed E-state index contributed by atoms with van der Waals surface area (Å²) < 4.78 is 5.71. The van der Waals surface area contributed by atoms with Crippen LogP contribution in [0.15, 0.2) is 34.7 Å². The molecule has 0 aliphatic carbocycles. The van der Waals surface area contributed by atoms with Crippen LogP contribution < -0.4 is 0 Å². The lowest BCUT2D eigenvalue weighted by molar-refractivity contribution is -0.130. The standard InChI is InChI=1S/C16H20N4O2/c1-13(21)20-11-9-19(10-12-20)8-7-15-17-18-16(22-15)14-5-3-2-4-6-14/h2-6H,7-12H2,1H3. The van der Waals surface area contributed by atoms with E-state index in [2.05, 4.69) is 15.1 Å². The minimum atomic E-state index is 0.157. The van der Waals surface area contributed by atoms with Gasteiger partial charge in [-0.2, -0.15) is 0 Å². The number of carbonyl (C=O) groups excluding carboxylic acids is 1. The van der Waals surface area contributed by atoms with Crippen molar-refractivity contribution in [3.8, 4) is 11.5 Å². The SMILES string of the molecule is CC(=O)N1CCN(CCc2nnc(-c3ccccc3)o2)CC1. The largest absolute Gasteiger partial charge is 0.421 e. The van der Waals surface area contributed by atoms with Crippen LogP contribution in [-0.4, -0.2) is 58.6 Å². The summed E-state index contributed by atoms with van der Waals surface area (Å²) in [5, 5.41) is 8.21. The third-order valence-corrected chi connectivity index (χ3v) is 3.95. The molecule has 0 unspecified atom stereocenters. The molecule has 3 rings (SSSR count). The fourth-order valence-corrected chi connectivity index (χ4v) is 2.59. The molecular weight excluding hydrogens is 280 g/mol. The van der Waals surface area contributed by atoms with E-state index < -0.39 is 0 Å². The van der Waals surface area contributed by atoms with Crippen molar-refractivity contribution in [2.75, 3.05) is 32.7 Å². The summed E-state index contributed by atoms with van der Waals surface area (Å²) >= 11 is 0. The molecule has 1 saturated heterocycles. The van der Waals surface area contributed by atoms with Crippen LogP contribution in [0.25, 0.3) is 11.5 Å². The molecule has 22 heavy (non-hydrogen) atoms. The molecule has 1 fully saturated rings. The first-order valence-electron chi connectivity index (χ1n) is 7.58. The Kier molecular flexibility index (Phi) is 4.48. The lowest BCUT2D eigenvalue weighted by atomic mass is 10.2. The highest BCUT2D eigenvalue weighted by atomic mass is 16.4. The van der Waals surface area contributed by atoms with E-state index in [0.717, 1.165) is 44.7 Å². The van der Waals surface area contributed by atoms with Gasteiger partial charge in [-0.25, -0.2) is 0 Å². The molecule has 1 aliphatic rings. The van der Waals surface area contributed by atoms with Crippen molar-refractivity contribution in [3.05, 3.63) is 36.2 Å². The molecule has 1 aliphatic heterocycles. The normalized spacial score (nSPS) is 16.0. The van der Waals surface area contributed by atoms with Crippen LogP contribution in [0.5, 0.6) is 0 Å². The molecule has 1 amide bonds. The van der Waals surface area contributed by atoms with E-state index in [-0.39, 0.29) is 5.91 Å². The second kappa shape index (κ2) is 6.70. The minimum Gasteiger partial charge on any atom is -0.421 e. The molecule has 2 heterocycles. The number of benzene rings is 1. The number of hydrogen-bond donors (Lipinski definition) is 0. The quantitative estimate of drug-likeness (QED) is 0.855. The van der Waals surface area contributed by atoms with Crippen LogP contribution in [0.2, 0.25) is 0 Å². The van der Waals surface area contributed by atoms with Crippen molar-refractivity contribution in [1.29, 1.82) is 0 Å². The molecule has 1 aromatic carbocycles. The summed E-state index contributed by atoms with van der Waals surface area (Å²) in [6.07, 6.45) is 0.736. The van der Waals surface area contributed by atoms with Crippen LogP contribution >= 0.6 is 0 Å². The van der Waals surface area contributed by atoms with E-state index in [4.69, 9.17) is 4.42 Å². The van der Waals surface area contributed by atoms with Gasteiger partial charge in [0.25, 0.3) is 0 Å². The Morgan fingerprint density at radius 1 is 1.14 bits per heavy atom. The molecule has 0 radical (unpaired) electrons. The lowest BCUT2D eigenvalue weighted by Crippen LogP contribution is -2.48. The number of nitrogens with zero attached hydrogens (tertiary/aromatic N) is 4. The van der Waals surface area contributed by atoms with Crippen molar-refractivity contribution in [1.82, 2.24) is 20.0 Å². The van der Waals surface area contributed by atoms with Crippen molar-refractivity contribution in [3.63, 3.8) is 0 Å². The fourth-order valence-electron chi connectivity index (χ4n) is 2.59. The van der Waals surface area contributed by atoms with E-state index in [1.54, 1.807) is 6.92 Å². The lowest BCUT2D eigenvalue weighted by Gasteiger charge is -2.33. The maximum absolute atomic E-state index is 11.3. The first-order valence-corrected chi connectivity index (χ1v) is 7.58. The molecule has 1 aromatic heterocycles. The number of hydrogen-bond acceptors (Lipinski definition) is 5. The van der Waals surface area contributed by atoms with Gasteiger partial charge in [-0.3, -0.25) is 9.69 Å². The van der Waals surface area contributed by atoms with Crippen LogP contribution in [0.1, 0.15) is 12.8 Å². The van der Waals surface area contributed by atoms with E-state index in [9.17, 15) is 4.79 Å². The van der Waals surface area contributed by atoms with Crippen molar-refractivity contribution in [2.24, 2.45) is 0 Å². The van der Waals surface area contributed by atoms with Crippen molar-refractivity contribution >= 4 is 5.91 Å². The molecule has 116 valence electrons. The maximum atomic E-state index is 11.3. The summed E-state index contributed by atoms with van der Waals surface area (Å²) in [6.45, 7) is 5.91. The van der Waals surface area contributed by atoms with Gasteiger partial charge in [0.1, 0.15) is 0 Å². The zero-order valence-corrected chi connectivity index (χ0v) is 12.7. The molecule has 0 atom stereocenters. The van der Waals surface area contributed by atoms with E-state index in [1.807, 2.05) is 35.2 Å². The van der Waals surface area contributed by atoms with Crippen molar-refractivity contribution in [2.45, 2.75) is 13.3 Å². The van der Waals surface area contributed by atoms with E-state index in [1.165, 1.54) is 0 Å². The minimum absolute atomic E-state index is 0.157. The average molecular weight is 300 g/mol. The average Bonchev–Trinajstić information content (AvgIpc) is 3.03. The van der Waals surface area contributed by atoms with Crippen LogP contribution in [0.3, 0.4) is 0 Å². The summed E-state index contributed by atoms with van der Waals surface area (Å²) in [6, 6.07) is 9.78. The van der Waals surface area contributed by atoms with Crippen LogP contribution in [-0.2, 0) is 11.2 Å². The van der Waals surface area contributed by atoms with E-state index in [0.29, 0.717) is 11.8 Å². The number of aromatic nitrogens is 2. The summed E-state index contributed by atoms with van der Waals surface area (Å²) in [5.41, 5.74) is 0.941. The maximum Gasteiger partial charge on any atom is 0.247 e. The Morgan fingerprint density at radius 2 is 1.86 bits per heavy atom. The van der Waals surface area contributed by atoms with Gasteiger partial charge in [0, 0.05) is 51.6 Å². The monoisotopic (exact) mass is 300 g/mol. The van der Waals surface area contributed by atoms with Gasteiger partial charge in [-0.05, 0) is 12.1 Å². The number of carbonyl (C=O) groups is 1. The molecule has 2 aromatic rings. The smallest absolute Gasteiger partial charge is 0.247 e. The zero-order chi connectivity index (χ0) is 15.4. The van der Waals surface area contributed by atoms with Gasteiger partial charge >= 0.3 is 0 Å². The zero-order valence-electron chi connectivity index (χ0n) is 12.7. The highest BCUT2D eigenvalue weighted by molar-refractivity contribution is 5.73. The second-order valence-corrected chi connectivity index (χ2v) is 5.46. The van der Waals surface area contributed by atoms with Gasteiger partial charge in [0.15, 0.2) is 0 Å². The van der Waals surface area contributed by atoms with E-state index >= 15 is 0 Å². The number of amides is 1. The molecule has 0 N–H and O–H groups in total. The Labute approximate surface area is 129 Å². The highest BCUT2D eigenvalue weighted by Gasteiger charge is 2.19. The van der Waals surface area contributed by atoms with Gasteiger partial charge in [-0.1, -0.05) is 18.2 Å². The topological polar surface area (TPSA) is 62.5 Å². The fraction of sp³-hybridized carbons (Fsp3) is 0.438. The molecule has 6 nitrogen and oxygen atoms in total. The molecule has 6 heteroatoms. The third kappa shape index (κ3) is 3.51. The first kappa shape index (κ1) is 14.7. The molecular formula is C16H20N4O2. The van der Waals surface area contributed by atoms with Crippen LogP contribution in [0.4, 0.5) is 0 Å². The predicted octanol–water partition coefficient (Wildman–Crippen LogP) is 1.44. The Morgan fingerprint density at radius 3 is 2.55 bits per heavy atom. The molecule has 0 bridgehead atoms. The Hall–Kier alpha value is -2.21. The Balaban J connectivity index is 1.51. The van der Waals surface area contributed by atoms with Crippen molar-refractivity contribution < 1.29 is 9.21 Å². The predicted molar refractivity (Wildman–Crippen MR) is 82.1 cm³/mol. The van der Waals surface area contributed by atoms with Gasteiger partial charge in [0.2, 0.25) is 17.7 Å². The first-order chi connectivity index (χ1) is 10.7. The van der Waals surface area contributed by atoms with Gasteiger partial charge in [0.05, 0.1) is 0 Å². The van der Waals surface area contributed by atoms with Crippen LogP contribution in [0, 0.1) is 0 Å². The summed E-state index contributed by atoms with van der Waals surface area (Å²) in [7, 11) is 0. The number of piperazine rings is 1. The molecule has 0 spiro atoms. The van der Waals surface area contributed by atoms with Gasteiger partial charge < -0.3 is 9.32 Å². The molecule has 0 saturated carbocycles. The summed E-state index contributed by atoms with van der Waals surface area (Å²) in [5.74, 6) is 1.38. The summed E-state index contributed by atoms with van der Waals surface area (Å²) in [4.78, 5) is 15.5. The second-order valence-electron chi connectivity index (χ2n) is 5.46. The number of rotatable bonds is 4. The third-order valence-electron chi connectivity index (χ3n) is 3.95. The Bertz CT molecular complexity index is 618. The highest BCUT2D eigenvalue weighted by Crippen LogP contribution is 2.17.